The Labute approximate surface area is 145 Å². The van der Waals surface area contributed by atoms with Crippen LogP contribution in [0.25, 0.3) is 0 Å². The average Bonchev–Trinajstić information content (AvgIpc) is 2.60. The molecule has 3 N–H and O–H groups in total. The lowest BCUT2D eigenvalue weighted by molar-refractivity contribution is -0.115. The molecule has 0 saturated heterocycles. The smallest absolute Gasteiger partial charge is 0.337 e. The highest BCUT2D eigenvalue weighted by molar-refractivity contribution is 5.96. The largest absolute Gasteiger partial charge is 0.465 e. The van der Waals surface area contributed by atoms with E-state index in [1.807, 2.05) is 0 Å². The summed E-state index contributed by atoms with van der Waals surface area (Å²) in [5, 5.41) is 8.35. The first-order valence-corrected chi connectivity index (χ1v) is 7.57. The van der Waals surface area contributed by atoms with Crippen LogP contribution in [-0.4, -0.2) is 31.4 Å². The number of carbonyl (C=O) groups is 3. The van der Waals surface area contributed by atoms with E-state index in [1.165, 1.54) is 14.0 Å². The minimum absolute atomic E-state index is 0.0575. The molecule has 0 aliphatic rings. The molecule has 0 unspecified atom stereocenters. The fourth-order valence-electron chi connectivity index (χ4n) is 2.10. The van der Waals surface area contributed by atoms with Crippen molar-refractivity contribution in [1.29, 1.82) is 0 Å². The van der Waals surface area contributed by atoms with Crippen molar-refractivity contribution in [3.05, 3.63) is 54.1 Å². The number of benzene rings is 2. The van der Waals surface area contributed by atoms with Crippen molar-refractivity contribution in [2.24, 2.45) is 0 Å². The highest BCUT2D eigenvalue weighted by Gasteiger charge is 2.08. The average molecular weight is 341 g/mol. The Bertz CT molecular complexity index is 772. The lowest BCUT2D eigenvalue weighted by atomic mass is 10.2. The van der Waals surface area contributed by atoms with Gasteiger partial charge in [0.05, 0.1) is 19.2 Å². The number of amides is 2. The lowest BCUT2D eigenvalue weighted by Crippen LogP contribution is -2.21. The lowest BCUT2D eigenvalue weighted by Gasteiger charge is -2.09. The van der Waals surface area contributed by atoms with Gasteiger partial charge in [0.15, 0.2) is 0 Å². The number of carbonyl (C=O) groups excluding carboxylic acids is 3. The summed E-state index contributed by atoms with van der Waals surface area (Å²) in [7, 11) is 1.30. The highest BCUT2D eigenvalue weighted by Crippen LogP contribution is 2.14. The minimum atomic E-state index is -0.464. The molecule has 0 aliphatic carbocycles. The molecule has 0 aliphatic heterocycles. The van der Waals surface area contributed by atoms with Crippen molar-refractivity contribution in [1.82, 2.24) is 0 Å². The third-order valence-corrected chi connectivity index (χ3v) is 3.23. The van der Waals surface area contributed by atoms with Gasteiger partial charge in [-0.2, -0.15) is 0 Å². The Morgan fingerprint density at radius 3 is 2.24 bits per heavy atom. The first kappa shape index (κ1) is 18.0. The van der Waals surface area contributed by atoms with Gasteiger partial charge in [-0.1, -0.05) is 6.07 Å². The summed E-state index contributed by atoms with van der Waals surface area (Å²) in [5.74, 6) is -0.865. The molecule has 0 saturated carbocycles. The van der Waals surface area contributed by atoms with E-state index in [9.17, 15) is 14.4 Å². The molecule has 0 radical (unpaired) electrons. The zero-order chi connectivity index (χ0) is 18.2. The summed E-state index contributed by atoms with van der Waals surface area (Å²) in [6, 6.07) is 13.5. The molecule has 0 bridgehead atoms. The van der Waals surface area contributed by atoms with Crippen LogP contribution >= 0.6 is 0 Å². The van der Waals surface area contributed by atoms with Crippen molar-refractivity contribution in [3.63, 3.8) is 0 Å². The summed E-state index contributed by atoms with van der Waals surface area (Å²) in [6.45, 7) is 1.49. The molecule has 2 rings (SSSR count). The number of hydrogen-bond donors (Lipinski definition) is 3. The molecule has 25 heavy (non-hydrogen) atoms. The summed E-state index contributed by atoms with van der Waals surface area (Å²) < 4.78 is 4.64. The zero-order valence-electron chi connectivity index (χ0n) is 14.0. The van der Waals surface area contributed by atoms with Crippen LogP contribution < -0.4 is 16.0 Å². The fourth-order valence-corrected chi connectivity index (χ4v) is 2.10. The van der Waals surface area contributed by atoms with Crippen LogP contribution in [0, 0.1) is 0 Å². The summed E-state index contributed by atoms with van der Waals surface area (Å²) in [6.07, 6.45) is 0. The van der Waals surface area contributed by atoms with Gasteiger partial charge in [-0.15, -0.1) is 0 Å². The molecule has 0 aromatic heterocycles. The topological polar surface area (TPSA) is 96.5 Å². The Hall–Kier alpha value is -3.35. The summed E-state index contributed by atoms with van der Waals surface area (Å²) in [4.78, 5) is 34.4. The van der Waals surface area contributed by atoms with E-state index < -0.39 is 5.97 Å². The number of rotatable bonds is 6. The Morgan fingerprint density at radius 2 is 1.60 bits per heavy atom. The fraction of sp³-hybridized carbons (Fsp3) is 0.167. The van der Waals surface area contributed by atoms with Crippen LogP contribution in [-0.2, 0) is 14.3 Å². The van der Waals surface area contributed by atoms with E-state index in [1.54, 1.807) is 48.5 Å². The van der Waals surface area contributed by atoms with Gasteiger partial charge in [-0.3, -0.25) is 9.59 Å². The van der Waals surface area contributed by atoms with Crippen LogP contribution in [0.3, 0.4) is 0 Å². The monoisotopic (exact) mass is 341 g/mol. The second kappa shape index (κ2) is 8.49. The maximum Gasteiger partial charge on any atom is 0.337 e. The number of esters is 1. The van der Waals surface area contributed by atoms with Gasteiger partial charge in [-0.25, -0.2) is 4.79 Å². The van der Waals surface area contributed by atoms with Gasteiger partial charge >= 0.3 is 5.97 Å². The molecule has 130 valence electrons. The number of anilines is 3. The van der Waals surface area contributed by atoms with Crippen molar-refractivity contribution >= 4 is 34.8 Å². The van der Waals surface area contributed by atoms with Crippen molar-refractivity contribution < 1.29 is 19.1 Å². The van der Waals surface area contributed by atoms with E-state index in [0.717, 1.165) is 5.69 Å². The van der Waals surface area contributed by atoms with Crippen LogP contribution in [0.2, 0.25) is 0 Å². The Morgan fingerprint density at radius 1 is 0.920 bits per heavy atom. The van der Waals surface area contributed by atoms with Crippen LogP contribution in [0.4, 0.5) is 17.1 Å². The van der Waals surface area contributed by atoms with Gasteiger partial charge in [-0.05, 0) is 42.5 Å². The van der Waals surface area contributed by atoms with E-state index in [2.05, 4.69) is 20.7 Å². The van der Waals surface area contributed by atoms with Gasteiger partial charge in [0.25, 0.3) is 0 Å². The maximum atomic E-state index is 12.0. The van der Waals surface area contributed by atoms with E-state index in [4.69, 9.17) is 0 Å². The van der Waals surface area contributed by atoms with Crippen LogP contribution in [0.1, 0.15) is 17.3 Å². The Balaban J connectivity index is 1.88. The molecular weight excluding hydrogens is 322 g/mol. The minimum Gasteiger partial charge on any atom is -0.465 e. The molecular formula is C18H19N3O4. The van der Waals surface area contributed by atoms with Gasteiger partial charge in [0, 0.05) is 24.0 Å². The molecule has 7 nitrogen and oxygen atoms in total. The van der Waals surface area contributed by atoms with Crippen LogP contribution in [0.5, 0.6) is 0 Å². The molecule has 2 aromatic carbocycles. The third-order valence-electron chi connectivity index (χ3n) is 3.23. The summed E-state index contributed by atoms with van der Waals surface area (Å²) in [5.41, 5.74) is 2.30. The number of nitrogens with one attached hydrogen (secondary N) is 3. The number of methoxy groups -OCH3 is 1. The second-order valence-electron chi connectivity index (χ2n) is 5.23. The molecule has 0 heterocycles. The third kappa shape index (κ3) is 5.65. The summed E-state index contributed by atoms with van der Waals surface area (Å²) >= 11 is 0. The van der Waals surface area contributed by atoms with E-state index in [0.29, 0.717) is 16.9 Å². The van der Waals surface area contributed by atoms with Crippen molar-refractivity contribution in [2.45, 2.75) is 6.92 Å². The molecule has 2 aromatic rings. The Kier molecular flexibility index (Phi) is 6.11. The standard InChI is InChI=1S/C18H19N3O4/c1-12(22)20-15-8-6-14(7-9-15)19-11-17(23)21-16-5-3-4-13(10-16)18(24)25-2/h3-10,19H,11H2,1-2H3,(H,20,22)(H,21,23). The quantitative estimate of drug-likeness (QED) is 0.702. The first-order valence-electron chi connectivity index (χ1n) is 7.57. The SMILES string of the molecule is COC(=O)c1cccc(NC(=O)CNc2ccc(NC(C)=O)cc2)c1. The molecule has 0 atom stereocenters. The predicted molar refractivity (Wildman–Crippen MR) is 95.6 cm³/mol. The highest BCUT2D eigenvalue weighted by atomic mass is 16.5. The van der Waals surface area contributed by atoms with Gasteiger partial charge in [0.1, 0.15) is 0 Å². The van der Waals surface area contributed by atoms with E-state index >= 15 is 0 Å². The van der Waals surface area contributed by atoms with E-state index in [-0.39, 0.29) is 18.4 Å². The first-order chi connectivity index (χ1) is 12.0. The number of hydrogen-bond acceptors (Lipinski definition) is 5. The van der Waals surface area contributed by atoms with Gasteiger partial charge < -0.3 is 20.7 Å². The van der Waals surface area contributed by atoms with Gasteiger partial charge in [0.2, 0.25) is 11.8 Å². The predicted octanol–water partition coefficient (Wildman–Crippen LogP) is 2.48. The molecule has 0 spiro atoms. The molecule has 7 heteroatoms. The number of ether oxygens (including phenoxy) is 1. The van der Waals surface area contributed by atoms with Crippen LogP contribution in [0.15, 0.2) is 48.5 Å². The van der Waals surface area contributed by atoms with Crippen molar-refractivity contribution in [3.8, 4) is 0 Å². The molecule has 0 fully saturated rings. The molecule has 2 amide bonds. The maximum absolute atomic E-state index is 12.0. The normalized spacial score (nSPS) is 9.84. The zero-order valence-corrected chi connectivity index (χ0v) is 14.0. The second-order valence-corrected chi connectivity index (χ2v) is 5.23. The van der Waals surface area contributed by atoms with Crippen molar-refractivity contribution in [2.75, 3.05) is 29.6 Å².